The minimum atomic E-state index is -1.94. The number of carbonyl (C=O) groups is 1. The summed E-state index contributed by atoms with van der Waals surface area (Å²) in [5, 5.41) is 4.14. The summed E-state index contributed by atoms with van der Waals surface area (Å²) < 4.78 is 16.7. The van der Waals surface area contributed by atoms with E-state index in [1.54, 1.807) is 12.1 Å². The number of hydrogen-bond acceptors (Lipinski definition) is 1. The Morgan fingerprint density at radius 3 is 2.36 bits per heavy atom. The minimum absolute atomic E-state index is 0.140. The van der Waals surface area contributed by atoms with Gasteiger partial charge in [-0.15, -0.1) is 0 Å². The molecule has 0 bridgehead atoms. The van der Waals surface area contributed by atoms with Gasteiger partial charge in [0.15, 0.2) is 8.24 Å². The van der Waals surface area contributed by atoms with Crippen molar-refractivity contribution in [1.82, 2.24) is 9.55 Å². The Balaban J connectivity index is 2.17. The van der Waals surface area contributed by atoms with Crippen LogP contribution in [0.1, 0.15) is 66.4 Å². The van der Waals surface area contributed by atoms with Crippen LogP contribution in [0.25, 0.3) is 10.9 Å². The van der Waals surface area contributed by atoms with E-state index in [1.165, 1.54) is 5.56 Å². The molecule has 1 amide bonds. The van der Waals surface area contributed by atoms with E-state index in [9.17, 15) is 9.18 Å². The first-order chi connectivity index (χ1) is 13.2. The molecule has 1 aromatic carbocycles. The summed E-state index contributed by atoms with van der Waals surface area (Å²) in [6.07, 6.45) is 5.63. The quantitative estimate of drug-likeness (QED) is 0.589. The standard InChI is InChI=1S/C23H35FN2OSi/c1-15(2)28(16(3)4,17(5)6)26-14-18(12-20-8-7-9-23(27)25-20)21-13-19(24)10-11-22(21)26/h10-11,13-17,20H,7-9,12H2,1-6H3,(H,25,27). The molecule has 1 aliphatic rings. The van der Waals surface area contributed by atoms with Gasteiger partial charge in [0, 0.05) is 23.4 Å². The summed E-state index contributed by atoms with van der Waals surface area (Å²) in [6, 6.07) is 5.39. The molecule has 1 saturated heterocycles. The highest BCUT2D eigenvalue weighted by Gasteiger charge is 2.46. The van der Waals surface area contributed by atoms with E-state index >= 15 is 0 Å². The Labute approximate surface area is 169 Å². The van der Waals surface area contributed by atoms with Crippen molar-refractivity contribution in [3.63, 3.8) is 0 Å². The van der Waals surface area contributed by atoms with Crippen LogP contribution in [0.2, 0.25) is 16.6 Å². The molecule has 1 aliphatic heterocycles. The fraction of sp³-hybridized carbons (Fsp3) is 0.609. The first-order valence-electron chi connectivity index (χ1n) is 10.8. The van der Waals surface area contributed by atoms with Crippen LogP contribution < -0.4 is 5.32 Å². The SMILES string of the molecule is CC(C)[Si](C(C)C)(C(C)C)n1cc(CC2CCCC(=O)N2)c2cc(F)ccc21. The van der Waals surface area contributed by atoms with E-state index in [1.807, 2.05) is 6.07 Å². The second-order valence-corrected chi connectivity index (χ2v) is 15.1. The lowest BCUT2D eigenvalue weighted by Gasteiger charge is -2.44. The van der Waals surface area contributed by atoms with Crippen LogP contribution in [-0.4, -0.2) is 24.4 Å². The Morgan fingerprint density at radius 1 is 1.14 bits per heavy atom. The van der Waals surface area contributed by atoms with Gasteiger partial charge in [-0.3, -0.25) is 4.79 Å². The molecular weight excluding hydrogens is 367 g/mol. The van der Waals surface area contributed by atoms with Gasteiger partial charge in [-0.05, 0) is 65.8 Å². The number of rotatable bonds is 6. The number of nitrogens with one attached hydrogen (secondary N) is 1. The highest BCUT2D eigenvalue weighted by Crippen LogP contribution is 2.45. The molecule has 1 N–H and O–H groups in total. The number of amides is 1. The normalized spacial score (nSPS) is 18.5. The van der Waals surface area contributed by atoms with E-state index in [0.717, 1.165) is 30.2 Å². The first-order valence-corrected chi connectivity index (χ1v) is 12.9. The lowest BCUT2D eigenvalue weighted by Crippen LogP contribution is -2.51. The molecule has 154 valence electrons. The summed E-state index contributed by atoms with van der Waals surface area (Å²) in [5.41, 5.74) is 4.02. The molecule has 0 aliphatic carbocycles. The molecule has 28 heavy (non-hydrogen) atoms. The fourth-order valence-electron chi connectivity index (χ4n) is 5.89. The fourth-order valence-corrected chi connectivity index (χ4v) is 12.5. The van der Waals surface area contributed by atoms with Crippen LogP contribution in [0.15, 0.2) is 24.4 Å². The number of fused-ring (bicyclic) bond motifs is 1. The second-order valence-electron chi connectivity index (χ2n) is 9.40. The summed E-state index contributed by atoms with van der Waals surface area (Å²) >= 11 is 0. The van der Waals surface area contributed by atoms with Crippen LogP contribution in [0.4, 0.5) is 4.39 Å². The van der Waals surface area contributed by atoms with Crippen molar-refractivity contribution >= 4 is 25.0 Å². The predicted molar refractivity (Wildman–Crippen MR) is 118 cm³/mol. The summed E-state index contributed by atoms with van der Waals surface area (Å²) in [5.74, 6) is -0.0495. The molecule has 0 spiro atoms. The lowest BCUT2D eigenvalue weighted by molar-refractivity contribution is -0.123. The molecule has 3 nitrogen and oxygen atoms in total. The Kier molecular flexibility index (Phi) is 6.04. The Morgan fingerprint density at radius 2 is 1.79 bits per heavy atom. The zero-order chi connectivity index (χ0) is 20.6. The van der Waals surface area contributed by atoms with Crippen LogP contribution in [-0.2, 0) is 11.2 Å². The average Bonchev–Trinajstić information content (AvgIpc) is 2.92. The van der Waals surface area contributed by atoms with Gasteiger partial charge in [0.05, 0.1) is 0 Å². The van der Waals surface area contributed by atoms with E-state index < -0.39 is 8.24 Å². The van der Waals surface area contributed by atoms with Crippen molar-refractivity contribution in [2.45, 2.75) is 89.9 Å². The van der Waals surface area contributed by atoms with Gasteiger partial charge in [0.1, 0.15) is 5.82 Å². The van der Waals surface area contributed by atoms with E-state index in [-0.39, 0.29) is 17.8 Å². The average molecular weight is 403 g/mol. The molecule has 1 atom stereocenters. The molecule has 3 rings (SSSR count). The van der Waals surface area contributed by atoms with Gasteiger partial charge in [-0.25, -0.2) is 4.39 Å². The highest BCUT2D eigenvalue weighted by molar-refractivity contribution is 6.82. The van der Waals surface area contributed by atoms with Crippen molar-refractivity contribution in [1.29, 1.82) is 0 Å². The summed E-state index contributed by atoms with van der Waals surface area (Å²) in [6.45, 7) is 14.1. The van der Waals surface area contributed by atoms with Gasteiger partial charge in [-0.2, -0.15) is 0 Å². The summed E-state index contributed by atoms with van der Waals surface area (Å²) in [4.78, 5) is 11.8. The molecule has 1 fully saturated rings. The summed E-state index contributed by atoms with van der Waals surface area (Å²) in [7, 11) is -1.94. The zero-order valence-corrected chi connectivity index (χ0v) is 19.2. The number of piperidine rings is 1. The van der Waals surface area contributed by atoms with E-state index in [4.69, 9.17) is 0 Å². The molecule has 0 saturated carbocycles. The number of hydrogen-bond donors (Lipinski definition) is 1. The Bertz CT molecular complexity index is 834. The number of halogens is 1. The van der Waals surface area contributed by atoms with Crippen molar-refractivity contribution in [3.05, 3.63) is 35.8 Å². The van der Waals surface area contributed by atoms with Gasteiger partial charge >= 0.3 is 0 Å². The number of carbonyl (C=O) groups excluding carboxylic acids is 1. The predicted octanol–water partition coefficient (Wildman–Crippen LogP) is 6.02. The van der Waals surface area contributed by atoms with E-state index in [2.05, 4.69) is 57.3 Å². The third-order valence-electron chi connectivity index (χ3n) is 6.83. The third kappa shape index (κ3) is 3.54. The molecule has 2 heterocycles. The van der Waals surface area contributed by atoms with Crippen LogP contribution in [0.3, 0.4) is 0 Å². The van der Waals surface area contributed by atoms with Crippen LogP contribution >= 0.6 is 0 Å². The molecule has 0 radical (unpaired) electrons. The maximum absolute atomic E-state index is 14.2. The number of aromatic nitrogens is 1. The monoisotopic (exact) mass is 402 g/mol. The molecule has 2 aromatic rings. The van der Waals surface area contributed by atoms with Gasteiger partial charge < -0.3 is 9.55 Å². The minimum Gasteiger partial charge on any atom is -0.373 e. The van der Waals surface area contributed by atoms with Crippen LogP contribution in [0, 0.1) is 5.82 Å². The second kappa shape index (κ2) is 8.01. The van der Waals surface area contributed by atoms with Gasteiger partial charge in [0.2, 0.25) is 5.91 Å². The highest BCUT2D eigenvalue weighted by atomic mass is 28.3. The topological polar surface area (TPSA) is 34.0 Å². The van der Waals surface area contributed by atoms with Crippen molar-refractivity contribution in [3.8, 4) is 0 Å². The van der Waals surface area contributed by atoms with Crippen molar-refractivity contribution in [2.24, 2.45) is 0 Å². The number of benzene rings is 1. The van der Waals surface area contributed by atoms with Crippen LogP contribution in [0.5, 0.6) is 0 Å². The molecule has 1 unspecified atom stereocenters. The largest absolute Gasteiger partial charge is 0.373 e. The lowest BCUT2D eigenvalue weighted by atomic mass is 9.97. The van der Waals surface area contributed by atoms with Gasteiger partial charge in [-0.1, -0.05) is 41.5 Å². The molecule has 1 aromatic heterocycles. The maximum atomic E-state index is 14.2. The van der Waals surface area contributed by atoms with Crippen molar-refractivity contribution in [2.75, 3.05) is 0 Å². The van der Waals surface area contributed by atoms with Crippen molar-refractivity contribution < 1.29 is 9.18 Å². The molecule has 5 heteroatoms. The smallest absolute Gasteiger partial charge is 0.220 e. The Hall–Kier alpha value is -1.62. The third-order valence-corrected chi connectivity index (χ3v) is 13.6. The van der Waals surface area contributed by atoms with Gasteiger partial charge in [0.25, 0.3) is 0 Å². The molecular formula is C23H35FN2OSi. The first kappa shape index (κ1) is 21.1. The zero-order valence-electron chi connectivity index (χ0n) is 18.2. The number of nitrogens with zero attached hydrogens (tertiary/aromatic N) is 1. The van der Waals surface area contributed by atoms with E-state index in [0.29, 0.717) is 23.0 Å². The maximum Gasteiger partial charge on any atom is 0.220 e.